The van der Waals surface area contributed by atoms with Gasteiger partial charge in [0.1, 0.15) is 11.6 Å². The summed E-state index contributed by atoms with van der Waals surface area (Å²) < 4.78 is 18.4. The van der Waals surface area contributed by atoms with Gasteiger partial charge in [0.05, 0.1) is 5.92 Å². The monoisotopic (exact) mass is 220 g/mol. The predicted molar refractivity (Wildman–Crippen MR) is 58.6 cm³/mol. The highest BCUT2D eigenvalue weighted by molar-refractivity contribution is 5.76. The van der Waals surface area contributed by atoms with Crippen LogP contribution in [0.3, 0.4) is 0 Å². The molecule has 0 fully saturated rings. The van der Waals surface area contributed by atoms with Crippen LogP contribution < -0.4 is 4.74 Å². The number of ether oxygens (including phenoxy) is 1. The fourth-order valence-electron chi connectivity index (χ4n) is 1.70. The van der Waals surface area contributed by atoms with Crippen molar-refractivity contribution in [3.8, 4) is 5.75 Å². The maximum atomic E-state index is 13.2. The van der Waals surface area contributed by atoms with Crippen LogP contribution in [0.2, 0.25) is 0 Å². The van der Waals surface area contributed by atoms with Crippen LogP contribution in [0.4, 0.5) is 4.39 Å². The number of esters is 1. The second-order valence-corrected chi connectivity index (χ2v) is 3.92. The molecule has 0 heterocycles. The van der Waals surface area contributed by atoms with Crippen LogP contribution in [0, 0.1) is 18.7 Å². The molecule has 1 aliphatic carbocycles. The number of rotatable bonds is 2. The molecule has 3 heteroatoms. The number of halogens is 1. The summed E-state index contributed by atoms with van der Waals surface area (Å²) in [4.78, 5) is 11.7. The van der Waals surface area contributed by atoms with Gasteiger partial charge in [-0.15, -0.1) is 0 Å². The molecule has 0 amide bonds. The Bertz CT molecular complexity index is 430. The third kappa shape index (κ3) is 2.13. The molecule has 84 valence electrons. The van der Waals surface area contributed by atoms with Gasteiger partial charge in [-0.25, -0.2) is 4.39 Å². The Morgan fingerprint density at radius 3 is 2.75 bits per heavy atom. The van der Waals surface area contributed by atoms with Gasteiger partial charge in [-0.05, 0) is 31.9 Å². The SMILES string of the molecule is Cc1c(F)cccc1OC(=O)C1CC=CC1. The van der Waals surface area contributed by atoms with Crippen LogP contribution in [0.25, 0.3) is 0 Å². The van der Waals surface area contributed by atoms with Gasteiger partial charge in [0.25, 0.3) is 0 Å². The molecule has 0 N–H and O–H groups in total. The minimum atomic E-state index is -0.352. The second kappa shape index (κ2) is 4.47. The zero-order chi connectivity index (χ0) is 11.5. The van der Waals surface area contributed by atoms with Crippen molar-refractivity contribution in [3.05, 3.63) is 41.7 Å². The van der Waals surface area contributed by atoms with E-state index in [1.54, 1.807) is 13.0 Å². The molecule has 0 saturated carbocycles. The number of allylic oxidation sites excluding steroid dienone is 2. The number of hydrogen-bond acceptors (Lipinski definition) is 2. The van der Waals surface area contributed by atoms with E-state index in [1.165, 1.54) is 12.1 Å². The molecule has 0 unspecified atom stereocenters. The zero-order valence-corrected chi connectivity index (χ0v) is 9.07. The molecule has 0 spiro atoms. The third-order valence-electron chi connectivity index (χ3n) is 2.77. The summed E-state index contributed by atoms with van der Waals surface area (Å²) in [6, 6.07) is 4.50. The van der Waals surface area contributed by atoms with E-state index in [9.17, 15) is 9.18 Å². The molecular weight excluding hydrogens is 207 g/mol. The molecule has 1 aromatic rings. The van der Waals surface area contributed by atoms with E-state index in [-0.39, 0.29) is 17.7 Å². The average Bonchev–Trinajstić information content (AvgIpc) is 2.78. The lowest BCUT2D eigenvalue weighted by molar-refractivity contribution is -0.138. The van der Waals surface area contributed by atoms with E-state index in [0.717, 1.165) is 0 Å². The van der Waals surface area contributed by atoms with Crippen LogP contribution in [0.1, 0.15) is 18.4 Å². The van der Waals surface area contributed by atoms with Crippen LogP contribution in [-0.2, 0) is 4.79 Å². The smallest absolute Gasteiger partial charge is 0.314 e. The first-order chi connectivity index (χ1) is 7.68. The highest BCUT2D eigenvalue weighted by Gasteiger charge is 2.22. The number of benzene rings is 1. The van der Waals surface area contributed by atoms with Crippen LogP contribution >= 0.6 is 0 Å². The Labute approximate surface area is 93.7 Å². The molecular formula is C13H13FO2. The predicted octanol–water partition coefficient (Wildman–Crippen LogP) is 3.01. The Kier molecular flexibility index (Phi) is 3.04. The quantitative estimate of drug-likeness (QED) is 0.435. The van der Waals surface area contributed by atoms with Gasteiger partial charge in [0.2, 0.25) is 0 Å². The van der Waals surface area contributed by atoms with E-state index in [2.05, 4.69) is 0 Å². The number of carbonyl (C=O) groups excluding carboxylic acids is 1. The molecule has 16 heavy (non-hydrogen) atoms. The standard InChI is InChI=1S/C13H13FO2/c1-9-11(14)7-4-8-12(9)16-13(15)10-5-2-3-6-10/h2-4,7-8,10H,5-6H2,1H3. The Hall–Kier alpha value is -1.64. The maximum Gasteiger partial charge on any atom is 0.314 e. The molecule has 0 aromatic heterocycles. The summed E-state index contributed by atoms with van der Waals surface area (Å²) in [6.45, 7) is 1.60. The fourth-order valence-corrected chi connectivity index (χ4v) is 1.70. The molecule has 1 aliphatic rings. The fraction of sp³-hybridized carbons (Fsp3) is 0.308. The van der Waals surface area contributed by atoms with Gasteiger partial charge in [0.15, 0.2) is 0 Å². The normalized spacial score (nSPS) is 15.4. The maximum absolute atomic E-state index is 13.2. The van der Waals surface area contributed by atoms with Crippen molar-refractivity contribution in [2.24, 2.45) is 5.92 Å². The van der Waals surface area contributed by atoms with Crippen LogP contribution in [0.15, 0.2) is 30.4 Å². The summed E-state index contributed by atoms with van der Waals surface area (Å²) in [5, 5.41) is 0. The zero-order valence-electron chi connectivity index (χ0n) is 9.07. The Morgan fingerprint density at radius 1 is 1.38 bits per heavy atom. The van der Waals surface area contributed by atoms with Crippen LogP contribution in [0.5, 0.6) is 5.75 Å². The number of carbonyl (C=O) groups is 1. The van der Waals surface area contributed by atoms with E-state index in [0.29, 0.717) is 24.2 Å². The van der Waals surface area contributed by atoms with Crippen LogP contribution in [-0.4, -0.2) is 5.97 Å². The van der Waals surface area contributed by atoms with Gasteiger partial charge >= 0.3 is 5.97 Å². The average molecular weight is 220 g/mol. The van der Waals surface area contributed by atoms with Crippen molar-refractivity contribution in [2.45, 2.75) is 19.8 Å². The lowest BCUT2D eigenvalue weighted by Gasteiger charge is -2.11. The largest absolute Gasteiger partial charge is 0.426 e. The van der Waals surface area contributed by atoms with Crippen molar-refractivity contribution in [1.29, 1.82) is 0 Å². The van der Waals surface area contributed by atoms with Crippen molar-refractivity contribution in [1.82, 2.24) is 0 Å². The first kappa shape index (κ1) is 10.9. The third-order valence-corrected chi connectivity index (χ3v) is 2.77. The lowest BCUT2D eigenvalue weighted by atomic mass is 10.1. The van der Waals surface area contributed by atoms with E-state index < -0.39 is 0 Å². The molecule has 2 nitrogen and oxygen atoms in total. The first-order valence-electron chi connectivity index (χ1n) is 5.30. The van der Waals surface area contributed by atoms with Crippen molar-refractivity contribution in [3.63, 3.8) is 0 Å². The summed E-state index contributed by atoms with van der Waals surface area (Å²) in [5.74, 6) is -0.423. The van der Waals surface area contributed by atoms with Gasteiger partial charge < -0.3 is 4.74 Å². The molecule has 0 saturated heterocycles. The Morgan fingerprint density at radius 2 is 2.06 bits per heavy atom. The summed E-state index contributed by atoms with van der Waals surface area (Å²) in [5.41, 5.74) is 0.377. The lowest BCUT2D eigenvalue weighted by Crippen LogP contribution is -2.18. The summed E-state index contributed by atoms with van der Waals surface area (Å²) in [6.07, 6.45) is 5.36. The van der Waals surface area contributed by atoms with Crippen molar-refractivity contribution >= 4 is 5.97 Å². The molecule has 0 atom stereocenters. The van der Waals surface area contributed by atoms with Crippen molar-refractivity contribution < 1.29 is 13.9 Å². The second-order valence-electron chi connectivity index (χ2n) is 3.92. The van der Waals surface area contributed by atoms with Crippen molar-refractivity contribution in [2.75, 3.05) is 0 Å². The summed E-state index contributed by atoms with van der Waals surface area (Å²) >= 11 is 0. The van der Waals surface area contributed by atoms with E-state index in [4.69, 9.17) is 4.74 Å². The summed E-state index contributed by atoms with van der Waals surface area (Å²) in [7, 11) is 0. The molecule has 0 aliphatic heterocycles. The highest BCUT2D eigenvalue weighted by Crippen LogP contribution is 2.24. The minimum Gasteiger partial charge on any atom is -0.426 e. The van der Waals surface area contributed by atoms with E-state index >= 15 is 0 Å². The van der Waals surface area contributed by atoms with E-state index in [1.807, 2.05) is 12.2 Å². The molecule has 0 bridgehead atoms. The van der Waals surface area contributed by atoms with Gasteiger partial charge in [-0.2, -0.15) is 0 Å². The van der Waals surface area contributed by atoms with Gasteiger partial charge in [0, 0.05) is 5.56 Å². The topological polar surface area (TPSA) is 26.3 Å². The van der Waals surface area contributed by atoms with Gasteiger partial charge in [-0.3, -0.25) is 4.79 Å². The highest BCUT2D eigenvalue weighted by atomic mass is 19.1. The minimum absolute atomic E-state index is 0.109. The number of hydrogen-bond donors (Lipinski definition) is 0. The Balaban J connectivity index is 2.09. The first-order valence-corrected chi connectivity index (χ1v) is 5.30. The van der Waals surface area contributed by atoms with Gasteiger partial charge in [-0.1, -0.05) is 18.2 Å². The molecule has 0 radical (unpaired) electrons. The molecule has 1 aromatic carbocycles. The molecule has 2 rings (SSSR count).